The summed E-state index contributed by atoms with van der Waals surface area (Å²) in [6, 6.07) is 5.69. The van der Waals surface area contributed by atoms with Gasteiger partial charge in [-0.25, -0.2) is 0 Å². The molecular formula is C14H24N2O. The van der Waals surface area contributed by atoms with E-state index < -0.39 is 0 Å². The molecule has 2 atom stereocenters. The molecule has 0 amide bonds. The largest absolute Gasteiger partial charge is 0.314 e. The molecule has 0 aromatic carbocycles. The number of hydrogen-bond acceptors (Lipinski definition) is 2. The van der Waals surface area contributed by atoms with E-state index in [2.05, 4.69) is 26.1 Å². The van der Waals surface area contributed by atoms with Gasteiger partial charge in [-0.1, -0.05) is 33.3 Å². The Hall–Kier alpha value is -1.09. The second kappa shape index (κ2) is 7.28. The third-order valence-corrected chi connectivity index (χ3v) is 3.28. The number of pyridine rings is 1. The Morgan fingerprint density at radius 3 is 2.71 bits per heavy atom. The van der Waals surface area contributed by atoms with E-state index in [0.717, 1.165) is 25.9 Å². The first kappa shape index (κ1) is 14.0. The summed E-state index contributed by atoms with van der Waals surface area (Å²) in [5.41, 5.74) is 0.0825. The summed E-state index contributed by atoms with van der Waals surface area (Å²) in [5.74, 6) is 0.577. The van der Waals surface area contributed by atoms with Gasteiger partial charge < -0.3 is 9.88 Å². The monoisotopic (exact) mass is 236 g/mol. The van der Waals surface area contributed by atoms with Gasteiger partial charge in [-0.05, 0) is 24.9 Å². The van der Waals surface area contributed by atoms with Gasteiger partial charge in [-0.3, -0.25) is 4.79 Å². The van der Waals surface area contributed by atoms with Gasteiger partial charge in [-0.15, -0.1) is 0 Å². The Morgan fingerprint density at radius 2 is 2.12 bits per heavy atom. The maximum atomic E-state index is 11.7. The second-order valence-corrected chi connectivity index (χ2v) is 4.64. The van der Waals surface area contributed by atoms with Gasteiger partial charge in [0.05, 0.1) is 0 Å². The highest BCUT2D eigenvalue weighted by Crippen LogP contribution is 2.09. The molecule has 1 aromatic heterocycles. The van der Waals surface area contributed by atoms with Crippen LogP contribution in [-0.4, -0.2) is 17.2 Å². The zero-order valence-corrected chi connectivity index (χ0v) is 11.1. The van der Waals surface area contributed by atoms with E-state index in [-0.39, 0.29) is 5.56 Å². The van der Waals surface area contributed by atoms with Gasteiger partial charge in [-0.2, -0.15) is 0 Å². The highest BCUT2D eigenvalue weighted by Gasteiger charge is 2.15. The van der Waals surface area contributed by atoms with E-state index in [1.54, 1.807) is 16.7 Å². The van der Waals surface area contributed by atoms with Gasteiger partial charge >= 0.3 is 0 Å². The van der Waals surface area contributed by atoms with Crippen molar-refractivity contribution >= 4 is 0 Å². The SMILES string of the molecule is CCCNC(Cn1ccccc1=O)C(C)CC. The van der Waals surface area contributed by atoms with Crippen molar-refractivity contribution in [3.63, 3.8) is 0 Å². The van der Waals surface area contributed by atoms with Crippen molar-refractivity contribution < 1.29 is 0 Å². The lowest BCUT2D eigenvalue weighted by molar-refractivity contribution is 0.327. The second-order valence-electron chi connectivity index (χ2n) is 4.64. The van der Waals surface area contributed by atoms with Gasteiger partial charge in [0.2, 0.25) is 0 Å². The number of aromatic nitrogens is 1. The average Bonchev–Trinajstić information content (AvgIpc) is 2.35. The minimum atomic E-state index is 0.0825. The fraction of sp³-hybridized carbons (Fsp3) is 0.643. The van der Waals surface area contributed by atoms with Crippen molar-refractivity contribution in [3.05, 3.63) is 34.7 Å². The standard InChI is InChI=1S/C14H24N2O/c1-4-9-15-13(12(3)5-2)11-16-10-7-6-8-14(16)17/h6-8,10,12-13,15H,4-5,9,11H2,1-3H3. The molecule has 0 fully saturated rings. The van der Waals surface area contributed by atoms with Crippen LogP contribution in [0, 0.1) is 5.92 Å². The van der Waals surface area contributed by atoms with Gasteiger partial charge in [0, 0.05) is 24.8 Å². The van der Waals surface area contributed by atoms with Crippen molar-refractivity contribution in [2.45, 2.75) is 46.2 Å². The van der Waals surface area contributed by atoms with E-state index in [9.17, 15) is 4.79 Å². The van der Waals surface area contributed by atoms with E-state index in [4.69, 9.17) is 0 Å². The maximum Gasteiger partial charge on any atom is 0.250 e. The lowest BCUT2D eigenvalue weighted by Gasteiger charge is -2.25. The molecule has 1 N–H and O–H groups in total. The highest BCUT2D eigenvalue weighted by atomic mass is 16.1. The van der Waals surface area contributed by atoms with Crippen molar-refractivity contribution in [1.29, 1.82) is 0 Å². The van der Waals surface area contributed by atoms with Gasteiger partial charge in [0.15, 0.2) is 0 Å². The van der Waals surface area contributed by atoms with Crippen LogP contribution < -0.4 is 10.9 Å². The Kier molecular flexibility index (Phi) is 5.98. The van der Waals surface area contributed by atoms with Crippen LogP contribution in [0.1, 0.15) is 33.6 Å². The topological polar surface area (TPSA) is 34.0 Å². The van der Waals surface area contributed by atoms with Crippen molar-refractivity contribution in [2.75, 3.05) is 6.54 Å². The highest BCUT2D eigenvalue weighted by molar-refractivity contribution is 4.94. The first-order valence-electron chi connectivity index (χ1n) is 6.57. The molecule has 0 aliphatic heterocycles. The summed E-state index contributed by atoms with van der Waals surface area (Å²) in [5, 5.41) is 3.54. The predicted molar refractivity (Wildman–Crippen MR) is 72.2 cm³/mol. The van der Waals surface area contributed by atoms with Crippen LogP contribution in [0.15, 0.2) is 29.2 Å². The molecule has 1 aromatic rings. The molecule has 0 spiro atoms. The third kappa shape index (κ3) is 4.35. The van der Waals surface area contributed by atoms with Crippen LogP contribution in [0.3, 0.4) is 0 Å². The van der Waals surface area contributed by atoms with Crippen LogP contribution in [0.2, 0.25) is 0 Å². The molecule has 0 aliphatic rings. The summed E-state index contributed by atoms with van der Waals surface area (Å²) in [6.45, 7) is 8.36. The first-order chi connectivity index (χ1) is 8.19. The lowest BCUT2D eigenvalue weighted by Crippen LogP contribution is -2.41. The quantitative estimate of drug-likeness (QED) is 0.788. The van der Waals surface area contributed by atoms with Crippen LogP contribution in [-0.2, 0) is 6.54 Å². The molecular weight excluding hydrogens is 212 g/mol. The van der Waals surface area contributed by atoms with E-state index in [0.29, 0.717) is 12.0 Å². The summed E-state index contributed by atoms with van der Waals surface area (Å²) in [6.07, 6.45) is 4.12. The number of hydrogen-bond donors (Lipinski definition) is 1. The van der Waals surface area contributed by atoms with Gasteiger partial charge in [0.25, 0.3) is 5.56 Å². The molecule has 17 heavy (non-hydrogen) atoms. The van der Waals surface area contributed by atoms with E-state index in [1.807, 2.05) is 12.3 Å². The molecule has 0 aliphatic carbocycles. The van der Waals surface area contributed by atoms with Crippen molar-refractivity contribution in [1.82, 2.24) is 9.88 Å². The zero-order valence-electron chi connectivity index (χ0n) is 11.1. The van der Waals surface area contributed by atoms with Gasteiger partial charge in [0.1, 0.15) is 0 Å². The summed E-state index contributed by atoms with van der Waals surface area (Å²) in [4.78, 5) is 11.7. The fourth-order valence-electron chi connectivity index (χ4n) is 1.88. The molecule has 0 saturated heterocycles. The van der Waals surface area contributed by atoms with E-state index >= 15 is 0 Å². The smallest absolute Gasteiger partial charge is 0.250 e. The fourth-order valence-corrected chi connectivity index (χ4v) is 1.88. The van der Waals surface area contributed by atoms with E-state index in [1.165, 1.54) is 0 Å². The first-order valence-corrected chi connectivity index (χ1v) is 6.57. The Balaban J connectivity index is 2.72. The van der Waals surface area contributed by atoms with Crippen molar-refractivity contribution in [3.8, 4) is 0 Å². The zero-order chi connectivity index (χ0) is 12.7. The molecule has 3 heteroatoms. The number of rotatable bonds is 7. The Morgan fingerprint density at radius 1 is 1.35 bits per heavy atom. The molecule has 1 heterocycles. The van der Waals surface area contributed by atoms with Crippen LogP contribution in [0.25, 0.3) is 0 Å². The summed E-state index contributed by atoms with van der Waals surface area (Å²) in [7, 11) is 0. The molecule has 0 radical (unpaired) electrons. The van der Waals surface area contributed by atoms with Crippen molar-refractivity contribution in [2.24, 2.45) is 5.92 Å². The minimum absolute atomic E-state index is 0.0825. The summed E-state index contributed by atoms with van der Waals surface area (Å²) >= 11 is 0. The maximum absolute atomic E-state index is 11.7. The normalized spacial score (nSPS) is 14.5. The minimum Gasteiger partial charge on any atom is -0.314 e. The molecule has 3 nitrogen and oxygen atoms in total. The molecule has 2 unspecified atom stereocenters. The third-order valence-electron chi connectivity index (χ3n) is 3.28. The molecule has 96 valence electrons. The average molecular weight is 236 g/mol. The number of nitrogens with one attached hydrogen (secondary N) is 1. The summed E-state index contributed by atoms with van der Waals surface area (Å²) < 4.78 is 1.79. The number of nitrogens with zero attached hydrogens (tertiary/aromatic N) is 1. The van der Waals surface area contributed by atoms with Crippen LogP contribution >= 0.6 is 0 Å². The van der Waals surface area contributed by atoms with Crippen LogP contribution in [0.5, 0.6) is 0 Å². The molecule has 0 bridgehead atoms. The lowest BCUT2D eigenvalue weighted by atomic mass is 9.99. The van der Waals surface area contributed by atoms with Crippen LogP contribution in [0.4, 0.5) is 0 Å². The Labute approximate surface area is 104 Å². The molecule has 1 rings (SSSR count). The Bertz CT molecular complexity index is 372. The molecule has 0 saturated carbocycles. The predicted octanol–water partition coefficient (Wildman–Crippen LogP) is 2.26.